The van der Waals surface area contributed by atoms with Gasteiger partial charge >= 0.3 is 0 Å². The van der Waals surface area contributed by atoms with Crippen molar-refractivity contribution < 1.29 is 9.90 Å². The number of carbonyl (C=O) groups excluding carboxylic acids is 1. The SMILES string of the molecule is Cn1ccc(CC(=O)C(O)C2CC2)n1. The smallest absolute Gasteiger partial charge is 0.167 e. The lowest BCUT2D eigenvalue weighted by Crippen LogP contribution is -2.24. The second-order valence-electron chi connectivity index (χ2n) is 3.91. The molecule has 1 saturated carbocycles. The Kier molecular flexibility index (Phi) is 2.37. The molecule has 1 N–H and O–H groups in total. The van der Waals surface area contributed by atoms with E-state index in [2.05, 4.69) is 5.10 Å². The van der Waals surface area contributed by atoms with E-state index >= 15 is 0 Å². The fourth-order valence-electron chi connectivity index (χ4n) is 1.52. The Labute approximate surface area is 82.5 Å². The first-order chi connectivity index (χ1) is 6.66. The Bertz CT molecular complexity index is 342. The second-order valence-corrected chi connectivity index (χ2v) is 3.91. The van der Waals surface area contributed by atoms with Gasteiger partial charge < -0.3 is 5.11 Å². The summed E-state index contributed by atoms with van der Waals surface area (Å²) in [6.45, 7) is 0. The van der Waals surface area contributed by atoms with Crippen molar-refractivity contribution in [1.82, 2.24) is 9.78 Å². The number of carbonyl (C=O) groups is 1. The molecule has 2 rings (SSSR count). The Morgan fingerprint density at radius 2 is 2.50 bits per heavy atom. The van der Waals surface area contributed by atoms with E-state index in [0.29, 0.717) is 0 Å². The van der Waals surface area contributed by atoms with Crippen molar-refractivity contribution >= 4 is 5.78 Å². The number of ketones is 1. The van der Waals surface area contributed by atoms with Crippen LogP contribution in [-0.2, 0) is 18.3 Å². The van der Waals surface area contributed by atoms with E-state index < -0.39 is 6.10 Å². The standard InChI is InChI=1S/C10H14N2O2/c1-12-5-4-8(11-12)6-9(13)10(14)7-2-3-7/h4-5,7,10,14H,2-3,6H2,1H3. The maximum absolute atomic E-state index is 11.5. The van der Waals surface area contributed by atoms with Crippen molar-refractivity contribution in [2.75, 3.05) is 0 Å². The lowest BCUT2D eigenvalue weighted by molar-refractivity contribution is -0.127. The molecule has 1 aliphatic rings. The van der Waals surface area contributed by atoms with Gasteiger partial charge in [0, 0.05) is 13.2 Å². The number of hydrogen-bond acceptors (Lipinski definition) is 3. The number of Topliss-reactive ketones (excluding diaryl/α,β-unsaturated/α-hetero) is 1. The molecule has 1 heterocycles. The van der Waals surface area contributed by atoms with Gasteiger partial charge in [-0.1, -0.05) is 0 Å². The zero-order chi connectivity index (χ0) is 10.1. The molecule has 1 aromatic heterocycles. The summed E-state index contributed by atoms with van der Waals surface area (Å²) in [7, 11) is 1.81. The van der Waals surface area contributed by atoms with E-state index in [9.17, 15) is 9.90 Å². The fourth-order valence-corrected chi connectivity index (χ4v) is 1.52. The molecule has 0 spiro atoms. The van der Waals surface area contributed by atoms with E-state index in [-0.39, 0.29) is 18.1 Å². The minimum atomic E-state index is -0.767. The van der Waals surface area contributed by atoms with Crippen LogP contribution in [0.15, 0.2) is 12.3 Å². The Morgan fingerprint density at radius 3 is 3.00 bits per heavy atom. The summed E-state index contributed by atoms with van der Waals surface area (Å²) in [5.41, 5.74) is 0.734. The van der Waals surface area contributed by atoms with Gasteiger partial charge in [-0.05, 0) is 24.8 Å². The maximum atomic E-state index is 11.5. The molecule has 1 atom stereocenters. The molecule has 1 aliphatic carbocycles. The monoisotopic (exact) mass is 194 g/mol. The molecule has 14 heavy (non-hydrogen) atoms. The van der Waals surface area contributed by atoms with Crippen LogP contribution in [0.3, 0.4) is 0 Å². The highest BCUT2D eigenvalue weighted by Gasteiger charge is 2.34. The summed E-state index contributed by atoms with van der Waals surface area (Å²) in [5.74, 6) is 0.109. The summed E-state index contributed by atoms with van der Waals surface area (Å²) in [6, 6.07) is 1.80. The van der Waals surface area contributed by atoms with Crippen LogP contribution in [0.2, 0.25) is 0 Å². The molecule has 0 aliphatic heterocycles. The molecule has 4 nitrogen and oxygen atoms in total. The summed E-state index contributed by atoms with van der Waals surface area (Å²) in [6.07, 6.45) is 3.24. The van der Waals surface area contributed by atoms with Crippen LogP contribution in [0.4, 0.5) is 0 Å². The van der Waals surface area contributed by atoms with Gasteiger partial charge in [0.25, 0.3) is 0 Å². The number of hydrogen-bond donors (Lipinski definition) is 1. The quantitative estimate of drug-likeness (QED) is 0.750. The lowest BCUT2D eigenvalue weighted by Gasteiger charge is -2.05. The molecule has 0 radical (unpaired) electrons. The van der Waals surface area contributed by atoms with E-state index in [1.54, 1.807) is 16.9 Å². The van der Waals surface area contributed by atoms with E-state index in [1.165, 1.54) is 0 Å². The van der Waals surface area contributed by atoms with Crippen molar-refractivity contribution in [1.29, 1.82) is 0 Å². The van der Waals surface area contributed by atoms with Gasteiger partial charge in [-0.3, -0.25) is 9.48 Å². The maximum Gasteiger partial charge on any atom is 0.167 e. The third-order valence-corrected chi connectivity index (χ3v) is 2.52. The highest BCUT2D eigenvalue weighted by Crippen LogP contribution is 2.33. The molecule has 0 aromatic carbocycles. The zero-order valence-corrected chi connectivity index (χ0v) is 8.18. The molecule has 1 unspecified atom stereocenters. The van der Waals surface area contributed by atoms with Gasteiger partial charge in [0.05, 0.1) is 12.1 Å². The van der Waals surface area contributed by atoms with Gasteiger partial charge in [0.1, 0.15) is 6.10 Å². The van der Waals surface area contributed by atoms with Gasteiger partial charge in [-0.2, -0.15) is 5.10 Å². The minimum Gasteiger partial charge on any atom is -0.385 e. The predicted molar refractivity (Wildman–Crippen MR) is 50.6 cm³/mol. The first-order valence-electron chi connectivity index (χ1n) is 4.86. The minimum absolute atomic E-state index is 0.105. The summed E-state index contributed by atoms with van der Waals surface area (Å²) in [5, 5.41) is 13.6. The molecule has 0 bridgehead atoms. The fraction of sp³-hybridized carbons (Fsp3) is 0.600. The third-order valence-electron chi connectivity index (χ3n) is 2.52. The average molecular weight is 194 g/mol. The molecule has 76 valence electrons. The number of aromatic nitrogens is 2. The first-order valence-corrected chi connectivity index (χ1v) is 4.86. The summed E-state index contributed by atoms with van der Waals surface area (Å²) in [4.78, 5) is 11.5. The Balaban J connectivity index is 1.93. The molecule has 0 saturated heterocycles. The second kappa shape index (κ2) is 3.53. The first kappa shape index (κ1) is 9.40. The normalized spacial score (nSPS) is 18.1. The van der Waals surface area contributed by atoms with Crippen molar-refractivity contribution in [2.45, 2.75) is 25.4 Å². The topological polar surface area (TPSA) is 55.1 Å². The van der Waals surface area contributed by atoms with Crippen molar-refractivity contribution in [3.63, 3.8) is 0 Å². The van der Waals surface area contributed by atoms with Crippen LogP contribution >= 0.6 is 0 Å². The molecular formula is C10H14N2O2. The van der Waals surface area contributed by atoms with Crippen LogP contribution in [0.25, 0.3) is 0 Å². The van der Waals surface area contributed by atoms with Crippen LogP contribution in [0.5, 0.6) is 0 Å². The highest BCUT2D eigenvalue weighted by atomic mass is 16.3. The van der Waals surface area contributed by atoms with E-state index in [4.69, 9.17) is 0 Å². The van der Waals surface area contributed by atoms with Gasteiger partial charge in [-0.15, -0.1) is 0 Å². The average Bonchev–Trinajstić information content (AvgIpc) is 2.91. The number of nitrogens with zero attached hydrogens (tertiary/aromatic N) is 2. The molecule has 0 amide bonds. The Hall–Kier alpha value is -1.16. The summed E-state index contributed by atoms with van der Waals surface area (Å²) < 4.78 is 1.66. The summed E-state index contributed by atoms with van der Waals surface area (Å²) >= 11 is 0. The van der Waals surface area contributed by atoms with Crippen LogP contribution in [-0.4, -0.2) is 26.8 Å². The van der Waals surface area contributed by atoms with Gasteiger partial charge in [0.15, 0.2) is 5.78 Å². The van der Waals surface area contributed by atoms with Crippen molar-refractivity contribution in [2.24, 2.45) is 13.0 Å². The van der Waals surface area contributed by atoms with Gasteiger partial charge in [0.2, 0.25) is 0 Å². The largest absolute Gasteiger partial charge is 0.385 e. The van der Waals surface area contributed by atoms with Crippen molar-refractivity contribution in [3.8, 4) is 0 Å². The van der Waals surface area contributed by atoms with Gasteiger partial charge in [-0.25, -0.2) is 0 Å². The zero-order valence-electron chi connectivity index (χ0n) is 8.18. The van der Waals surface area contributed by atoms with E-state index in [0.717, 1.165) is 18.5 Å². The van der Waals surface area contributed by atoms with Crippen LogP contribution in [0, 0.1) is 5.92 Å². The van der Waals surface area contributed by atoms with Crippen molar-refractivity contribution in [3.05, 3.63) is 18.0 Å². The molecule has 4 heteroatoms. The third kappa shape index (κ3) is 2.01. The Morgan fingerprint density at radius 1 is 1.79 bits per heavy atom. The number of rotatable bonds is 4. The predicted octanol–water partition coefficient (Wildman–Crippen LogP) is 0.303. The number of aryl methyl sites for hydroxylation is 1. The lowest BCUT2D eigenvalue weighted by atomic mass is 10.1. The number of aliphatic hydroxyl groups is 1. The molecule has 1 aromatic rings. The van der Waals surface area contributed by atoms with Crippen LogP contribution < -0.4 is 0 Å². The molecular weight excluding hydrogens is 180 g/mol. The molecule has 1 fully saturated rings. The number of aliphatic hydroxyl groups excluding tert-OH is 1. The van der Waals surface area contributed by atoms with Crippen LogP contribution in [0.1, 0.15) is 18.5 Å². The van der Waals surface area contributed by atoms with E-state index in [1.807, 2.05) is 7.05 Å². The highest BCUT2D eigenvalue weighted by molar-refractivity contribution is 5.85.